The first-order chi connectivity index (χ1) is 12.4. The second-order valence-electron chi connectivity index (χ2n) is 7.74. The molecule has 0 aliphatic heterocycles. The lowest BCUT2D eigenvalue weighted by molar-refractivity contribution is 0.157. The lowest BCUT2D eigenvalue weighted by atomic mass is 9.60. The van der Waals surface area contributed by atoms with Crippen LogP contribution in [0.1, 0.15) is 37.5 Å². The molecule has 3 rings (SSSR count). The average Bonchev–Trinajstić information content (AvgIpc) is 2.68. The molecule has 0 heterocycles. The lowest BCUT2D eigenvalue weighted by Gasteiger charge is -2.45. The van der Waals surface area contributed by atoms with Gasteiger partial charge >= 0.3 is 0 Å². The fraction of sp³-hybridized carbons (Fsp3) is 0.280. The van der Waals surface area contributed by atoms with Gasteiger partial charge in [-0.2, -0.15) is 0 Å². The molecule has 0 saturated heterocycles. The molecule has 134 valence electrons. The Balaban J connectivity index is 2.02. The van der Waals surface area contributed by atoms with Crippen LogP contribution in [0.3, 0.4) is 0 Å². The van der Waals surface area contributed by atoms with Crippen molar-refractivity contribution < 1.29 is 4.74 Å². The van der Waals surface area contributed by atoms with Crippen LogP contribution in [0.2, 0.25) is 0 Å². The van der Waals surface area contributed by atoms with Crippen molar-refractivity contribution in [2.45, 2.75) is 38.5 Å². The van der Waals surface area contributed by atoms with Gasteiger partial charge < -0.3 is 4.74 Å². The molecule has 0 spiro atoms. The van der Waals surface area contributed by atoms with Crippen molar-refractivity contribution >= 4 is 0 Å². The maximum Gasteiger partial charge on any atom is 0.122 e. The number of hydrogen-bond acceptors (Lipinski definition) is 1. The van der Waals surface area contributed by atoms with Crippen LogP contribution >= 0.6 is 0 Å². The second-order valence-corrected chi connectivity index (χ2v) is 7.74. The van der Waals surface area contributed by atoms with Gasteiger partial charge in [-0.1, -0.05) is 99.6 Å². The van der Waals surface area contributed by atoms with Gasteiger partial charge in [0.25, 0.3) is 0 Å². The minimum atomic E-state index is -0.183. The Kier molecular flexibility index (Phi) is 5.18. The number of benzene rings is 3. The highest BCUT2D eigenvalue weighted by atomic mass is 16.5. The standard InChI is InChI=1S/C25H28O/c1-20-13-11-12-18-23(20)26-19-25(4,22-16-9-6-10-17-22)24(2,3)21-14-7-5-8-15-21/h5-18H,19H2,1-4H3/t25-/m1/s1. The van der Waals surface area contributed by atoms with E-state index in [0.29, 0.717) is 6.61 Å². The molecule has 1 nitrogen and oxygen atoms in total. The van der Waals surface area contributed by atoms with Crippen LogP contribution < -0.4 is 4.74 Å². The van der Waals surface area contributed by atoms with E-state index in [4.69, 9.17) is 4.74 Å². The molecular weight excluding hydrogens is 316 g/mol. The van der Waals surface area contributed by atoms with E-state index < -0.39 is 0 Å². The monoisotopic (exact) mass is 344 g/mol. The molecular formula is C25H28O. The van der Waals surface area contributed by atoms with Gasteiger partial charge in [0.1, 0.15) is 5.75 Å². The van der Waals surface area contributed by atoms with Gasteiger partial charge in [0, 0.05) is 10.8 Å². The summed E-state index contributed by atoms with van der Waals surface area (Å²) in [5.41, 5.74) is 3.50. The van der Waals surface area contributed by atoms with Gasteiger partial charge in [-0.05, 0) is 29.7 Å². The fourth-order valence-electron chi connectivity index (χ4n) is 3.54. The van der Waals surface area contributed by atoms with Crippen molar-refractivity contribution in [2.24, 2.45) is 0 Å². The number of hydrogen-bond donors (Lipinski definition) is 0. The molecule has 3 aromatic carbocycles. The van der Waals surface area contributed by atoms with Crippen LogP contribution in [-0.2, 0) is 10.8 Å². The van der Waals surface area contributed by atoms with Gasteiger partial charge in [0.15, 0.2) is 0 Å². The quantitative estimate of drug-likeness (QED) is 0.509. The third-order valence-corrected chi connectivity index (χ3v) is 5.90. The van der Waals surface area contributed by atoms with Crippen LogP contribution in [0.15, 0.2) is 84.9 Å². The molecule has 0 N–H and O–H groups in total. The Morgan fingerprint density at radius 3 is 1.73 bits per heavy atom. The molecule has 0 fully saturated rings. The van der Waals surface area contributed by atoms with Crippen LogP contribution in [-0.4, -0.2) is 6.61 Å². The summed E-state index contributed by atoms with van der Waals surface area (Å²) in [4.78, 5) is 0. The minimum Gasteiger partial charge on any atom is -0.492 e. The summed E-state index contributed by atoms with van der Waals surface area (Å²) >= 11 is 0. The van der Waals surface area contributed by atoms with E-state index >= 15 is 0 Å². The van der Waals surface area contributed by atoms with E-state index in [1.807, 2.05) is 12.1 Å². The summed E-state index contributed by atoms with van der Waals surface area (Å²) in [6.45, 7) is 9.65. The zero-order chi connectivity index (χ0) is 18.6. The van der Waals surface area contributed by atoms with Gasteiger partial charge in [-0.15, -0.1) is 0 Å². The van der Waals surface area contributed by atoms with E-state index in [1.54, 1.807) is 0 Å². The molecule has 0 aliphatic rings. The second kappa shape index (κ2) is 7.37. The summed E-state index contributed by atoms with van der Waals surface area (Å²) < 4.78 is 6.36. The highest BCUT2D eigenvalue weighted by molar-refractivity contribution is 5.38. The summed E-state index contributed by atoms with van der Waals surface area (Å²) in [6.07, 6.45) is 0. The molecule has 3 aromatic rings. The molecule has 0 saturated carbocycles. The number of aryl methyl sites for hydroxylation is 1. The molecule has 0 unspecified atom stereocenters. The molecule has 0 amide bonds. The largest absolute Gasteiger partial charge is 0.492 e. The van der Waals surface area contributed by atoms with Gasteiger partial charge in [0.05, 0.1) is 6.61 Å². The van der Waals surface area contributed by atoms with Gasteiger partial charge in [-0.3, -0.25) is 0 Å². The summed E-state index contributed by atoms with van der Waals surface area (Å²) in [5, 5.41) is 0. The van der Waals surface area contributed by atoms with Crippen molar-refractivity contribution in [3.8, 4) is 5.75 Å². The van der Waals surface area contributed by atoms with Crippen molar-refractivity contribution in [1.29, 1.82) is 0 Å². The molecule has 1 atom stereocenters. The smallest absolute Gasteiger partial charge is 0.122 e. The molecule has 0 aromatic heterocycles. The Hall–Kier alpha value is -2.54. The molecule has 0 bridgehead atoms. The topological polar surface area (TPSA) is 9.23 Å². The first-order valence-corrected chi connectivity index (χ1v) is 9.25. The maximum absolute atomic E-state index is 6.36. The Bertz CT molecular complexity index is 836. The van der Waals surface area contributed by atoms with Gasteiger partial charge in [0.2, 0.25) is 0 Å². The lowest BCUT2D eigenvalue weighted by Crippen LogP contribution is -2.47. The van der Waals surface area contributed by atoms with Crippen LogP contribution in [0, 0.1) is 6.92 Å². The Morgan fingerprint density at radius 1 is 0.654 bits per heavy atom. The van der Waals surface area contributed by atoms with Crippen molar-refractivity contribution in [2.75, 3.05) is 6.61 Å². The minimum absolute atomic E-state index is 0.0989. The van der Waals surface area contributed by atoms with E-state index in [-0.39, 0.29) is 10.8 Å². The highest BCUT2D eigenvalue weighted by Crippen LogP contribution is 2.44. The number of para-hydroxylation sites is 1. The van der Waals surface area contributed by atoms with Crippen molar-refractivity contribution in [3.05, 3.63) is 102 Å². The maximum atomic E-state index is 6.36. The van der Waals surface area contributed by atoms with E-state index in [1.165, 1.54) is 16.7 Å². The predicted molar refractivity (Wildman–Crippen MR) is 110 cm³/mol. The SMILES string of the molecule is Cc1ccccc1OC[C@](C)(c1ccccc1)C(C)(C)c1ccccc1. The van der Waals surface area contributed by atoms with Crippen molar-refractivity contribution in [1.82, 2.24) is 0 Å². The first-order valence-electron chi connectivity index (χ1n) is 9.25. The summed E-state index contributed by atoms with van der Waals surface area (Å²) in [7, 11) is 0. The van der Waals surface area contributed by atoms with E-state index in [9.17, 15) is 0 Å². The van der Waals surface area contributed by atoms with Crippen LogP contribution in [0.4, 0.5) is 0 Å². The van der Waals surface area contributed by atoms with Crippen LogP contribution in [0.25, 0.3) is 0 Å². The normalized spacial score (nSPS) is 13.8. The Morgan fingerprint density at radius 2 is 1.15 bits per heavy atom. The highest BCUT2D eigenvalue weighted by Gasteiger charge is 2.44. The van der Waals surface area contributed by atoms with Crippen LogP contribution in [0.5, 0.6) is 5.75 Å². The third kappa shape index (κ3) is 3.39. The van der Waals surface area contributed by atoms with Gasteiger partial charge in [-0.25, -0.2) is 0 Å². The average molecular weight is 344 g/mol. The summed E-state index contributed by atoms with van der Waals surface area (Å²) in [6, 6.07) is 29.7. The van der Waals surface area contributed by atoms with Crippen molar-refractivity contribution in [3.63, 3.8) is 0 Å². The molecule has 26 heavy (non-hydrogen) atoms. The molecule has 0 aliphatic carbocycles. The first kappa shape index (κ1) is 18.3. The number of rotatable bonds is 6. The third-order valence-electron chi connectivity index (χ3n) is 5.90. The van der Waals surface area contributed by atoms with E-state index in [2.05, 4.69) is 100 Å². The predicted octanol–water partition coefficient (Wildman–Crippen LogP) is 6.31. The molecule has 1 heteroatoms. The molecule has 0 radical (unpaired) electrons. The van der Waals surface area contributed by atoms with E-state index in [0.717, 1.165) is 5.75 Å². The zero-order valence-electron chi connectivity index (χ0n) is 16.2. The fourth-order valence-corrected chi connectivity index (χ4v) is 3.54. The summed E-state index contributed by atoms with van der Waals surface area (Å²) in [5.74, 6) is 0.957. The number of ether oxygens (including phenoxy) is 1. The zero-order valence-corrected chi connectivity index (χ0v) is 16.2. The Labute approximate surface area is 157 Å².